The molecule has 1 aromatic rings. The van der Waals surface area contributed by atoms with Crippen molar-refractivity contribution in [1.82, 2.24) is 9.21 Å². The van der Waals surface area contributed by atoms with Crippen molar-refractivity contribution < 1.29 is 13.5 Å². The number of aliphatic hydroxyl groups excluding tert-OH is 1. The molecule has 0 aliphatic rings. The molecule has 0 bridgehead atoms. The van der Waals surface area contributed by atoms with E-state index >= 15 is 0 Å². The average molecular weight is 310 g/mol. The van der Waals surface area contributed by atoms with E-state index in [1.165, 1.54) is 4.31 Å². The Hall–Kier alpha value is -1.39. The second-order valence-corrected chi connectivity index (χ2v) is 6.91. The molecule has 0 saturated carbocycles. The lowest BCUT2D eigenvalue weighted by Gasteiger charge is -2.20. The molecule has 0 fully saturated rings. The summed E-state index contributed by atoms with van der Waals surface area (Å²) in [6.07, 6.45) is 0.324. The van der Waals surface area contributed by atoms with Gasteiger partial charge in [0.05, 0.1) is 11.5 Å². The van der Waals surface area contributed by atoms with E-state index in [4.69, 9.17) is 5.11 Å². The van der Waals surface area contributed by atoms with Crippen LogP contribution in [0.4, 0.5) is 0 Å². The van der Waals surface area contributed by atoms with Gasteiger partial charge in [-0.25, -0.2) is 8.42 Å². The van der Waals surface area contributed by atoms with Crippen molar-refractivity contribution in [3.63, 3.8) is 0 Å². The van der Waals surface area contributed by atoms with Gasteiger partial charge in [-0.15, -0.1) is 0 Å². The van der Waals surface area contributed by atoms with E-state index in [1.54, 1.807) is 31.3 Å². The summed E-state index contributed by atoms with van der Waals surface area (Å²) in [7, 11) is 1.80. The molecule has 1 rings (SSSR count). The van der Waals surface area contributed by atoms with Crippen molar-refractivity contribution >= 4 is 10.0 Å². The monoisotopic (exact) mass is 310 g/mol. The van der Waals surface area contributed by atoms with Gasteiger partial charge in [-0.05, 0) is 26.2 Å². The maximum Gasteiger partial charge on any atom is 0.244 e. The molecule has 0 aliphatic carbocycles. The van der Waals surface area contributed by atoms with Crippen LogP contribution in [0.3, 0.4) is 0 Å². The third kappa shape index (κ3) is 5.14. The molecule has 1 N–H and O–H groups in total. The number of benzene rings is 1. The van der Waals surface area contributed by atoms with Crippen molar-refractivity contribution in [3.05, 3.63) is 29.8 Å². The second-order valence-electron chi connectivity index (χ2n) is 4.90. The van der Waals surface area contributed by atoms with Crippen LogP contribution >= 0.6 is 0 Å². The maximum atomic E-state index is 12.6. The molecule has 0 unspecified atom stereocenters. The molecule has 0 radical (unpaired) electrons. The van der Waals surface area contributed by atoms with Crippen LogP contribution in [0.5, 0.6) is 0 Å². The predicted octanol–water partition coefficient (Wildman–Crippen LogP) is 0.603. The van der Waals surface area contributed by atoms with E-state index in [9.17, 15) is 8.42 Å². The molecule has 0 atom stereocenters. The van der Waals surface area contributed by atoms with Crippen LogP contribution in [0, 0.1) is 11.8 Å². The maximum absolute atomic E-state index is 12.6. The van der Waals surface area contributed by atoms with Gasteiger partial charge in [0.15, 0.2) is 0 Å². The highest BCUT2D eigenvalue weighted by Gasteiger charge is 2.22. The summed E-state index contributed by atoms with van der Waals surface area (Å²) in [5.41, 5.74) is 0.461. The SMILES string of the molecule is CN(C)CCN(C)S(=O)(=O)c1ccccc1C#CCCO. The predicted molar refractivity (Wildman–Crippen MR) is 83.4 cm³/mol. The number of sulfonamides is 1. The highest BCUT2D eigenvalue weighted by molar-refractivity contribution is 7.89. The van der Waals surface area contributed by atoms with Gasteiger partial charge in [-0.3, -0.25) is 0 Å². The second kappa shape index (κ2) is 8.15. The number of nitrogens with zero attached hydrogens (tertiary/aromatic N) is 2. The first-order chi connectivity index (χ1) is 9.89. The third-order valence-corrected chi connectivity index (χ3v) is 4.81. The molecule has 0 amide bonds. The Morgan fingerprint density at radius 2 is 1.81 bits per heavy atom. The largest absolute Gasteiger partial charge is 0.395 e. The van der Waals surface area contributed by atoms with Gasteiger partial charge in [0.1, 0.15) is 0 Å². The first-order valence-electron chi connectivity index (χ1n) is 6.69. The van der Waals surface area contributed by atoms with E-state index in [1.807, 2.05) is 19.0 Å². The molecule has 5 nitrogen and oxygen atoms in total. The van der Waals surface area contributed by atoms with Crippen LogP contribution in [0.15, 0.2) is 29.2 Å². The van der Waals surface area contributed by atoms with E-state index in [0.29, 0.717) is 25.1 Å². The minimum atomic E-state index is -3.56. The fourth-order valence-corrected chi connectivity index (χ4v) is 2.94. The number of rotatable bonds is 6. The number of likely N-dealkylation sites (N-methyl/N-ethyl adjacent to an activating group) is 2. The molecular formula is C15H22N2O3S. The first kappa shape index (κ1) is 17.7. The molecule has 0 spiro atoms. The number of hydrogen-bond acceptors (Lipinski definition) is 4. The van der Waals surface area contributed by atoms with E-state index in [-0.39, 0.29) is 11.5 Å². The fourth-order valence-electron chi connectivity index (χ4n) is 1.64. The van der Waals surface area contributed by atoms with Crippen molar-refractivity contribution in [1.29, 1.82) is 0 Å². The topological polar surface area (TPSA) is 60.9 Å². The minimum absolute atomic E-state index is 0.0370. The Balaban J connectivity index is 3.06. The first-order valence-corrected chi connectivity index (χ1v) is 8.13. The Kier molecular flexibility index (Phi) is 6.85. The third-order valence-electron chi connectivity index (χ3n) is 2.90. The van der Waals surface area contributed by atoms with E-state index in [0.717, 1.165) is 0 Å². The summed E-state index contributed by atoms with van der Waals surface area (Å²) in [6, 6.07) is 6.67. The fraction of sp³-hybridized carbons (Fsp3) is 0.467. The molecule has 0 aliphatic heterocycles. The Labute approximate surface area is 127 Å². The van der Waals surface area contributed by atoms with Crippen LogP contribution in [0.2, 0.25) is 0 Å². The Morgan fingerprint density at radius 3 is 2.43 bits per heavy atom. The van der Waals surface area contributed by atoms with Crippen molar-refractivity contribution in [2.45, 2.75) is 11.3 Å². The zero-order chi connectivity index (χ0) is 15.9. The van der Waals surface area contributed by atoms with Gasteiger partial charge >= 0.3 is 0 Å². The molecule has 6 heteroatoms. The zero-order valence-electron chi connectivity index (χ0n) is 12.7. The summed E-state index contributed by atoms with van der Waals surface area (Å²) in [4.78, 5) is 2.13. The lowest BCUT2D eigenvalue weighted by atomic mass is 10.2. The van der Waals surface area contributed by atoms with Gasteiger partial charge in [-0.2, -0.15) is 4.31 Å². The van der Waals surface area contributed by atoms with Gasteiger partial charge in [-0.1, -0.05) is 24.0 Å². The minimum Gasteiger partial charge on any atom is -0.395 e. The molecule has 0 heterocycles. The van der Waals surface area contributed by atoms with Gasteiger partial charge in [0.25, 0.3) is 0 Å². The molecule has 116 valence electrons. The average Bonchev–Trinajstić information content (AvgIpc) is 2.45. The molecule has 0 saturated heterocycles. The summed E-state index contributed by atoms with van der Waals surface area (Å²) in [6.45, 7) is 1.02. The van der Waals surface area contributed by atoms with Crippen LogP contribution in [-0.4, -0.2) is 63.6 Å². The van der Waals surface area contributed by atoms with Crippen LogP contribution in [-0.2, 0) is 10.0 Å². The highest BCUT2D eigenvalue weighted by Crippen LogP contribution is 2.18. The number of hydrogen-bond donors (Lipinski definition) is 1. The standard InChI is InChI=1S/C15H22N2O3S/c1-16(2)11-12-17(3)21(19,20)15-10-5-4-8-14(15)9-6-7-13-18/h4-5,8,10,18H,7,11-13H2,1-3H3. The smallest absolute Gasteiger partial charge is 0.244 e. The normalized spacial score (nSPS) is 11.5. The summed E-state index contributed by atoms with van der Waals surface area (Å²) in [5, 5.41) is 8.75. The zero-order valence-corrected chi connectivity index (χ0v) is 13.5. The van der Waals surface area contributed by atoms with E-state index in [2.05, 4.69) is 11.8 Å². The van der Waals surface area contributed by atoms with E-state index < -0.39 is 10.0 Å². The Morgan fingerprint density at radius 1 is 1.14 bits per heavy atom. The van der Waals surface area contributed by atoms with Crippen LogP contribution in [0.1, 0.15) is 12.0 Å². The lowest BCUT2D eigenvalue weighted by molar-refractivity contribution is 0.305. The van der Waals surface area contributed by atoms with Crippen molar-refractivity contribution in [2.24, 2.45) is 0 Å². The Bertz CT molecular complexity index is 615. The molecular weight excluding hydrogens is 288 g/mol. The van der Waals surface area contributed by atoms with Crippen molar-refractivity contribution in [2.75, 3.05) is 40.8 Å². The van der Waals surface area contributed by atoms with Crippen LogP contribution < -0.4 is 0 Å². The molecule has 21 heavy (non-hydrogen) atoms. The lowest BCUT2D eigenvalue weighted by Crippen LogP contribution is -2.33. The van der Waals surface area contributed by atoms with Gasteiger partial charge in [0.2, 0.25) is 10.0 Å². The summed E-state index contributed by atoms with van der Waals surface area (Å²) >= 11 is 0. The van der Waals surface area contributed by atoms with Gasteiger partial charge < -0.3 is 10.0 Å². The van der Waals surface area contributed by atoms with Gasteiger partial charge in [0, 0.05) is 32.1 Å². The quantitative estimate of drug-likeness (QED) is 0.782. The van der Waals surface area contributed by atoms with Crippen molar-refractivity contribution in [3.8, 4) is 11.8 Å². The molecule has 1 aromatic carbocycles. The number of aliphatic hydroxyl groups is 1. The summed E-state index contributed by atoms with van der Waals surface area (Å²) in [5.74, 6) is 5.58. The highest BCUT2D eigenvalue weighted by atomic mass is 32.2. The van der Waals surface area contributed by atoms with Crippen LogP contribution in [0.25, 0.3) is 0 Å². The molecule has 0 aromatic heterocycles. The summed E-state index contributed by atoms with van der Waals surface area (Å²) < 4.78 is 26.5.